The standard InChI is InChI=1S/C24H41NO5Si/c1-14-12-16(20(30-31)15(2)18(14)22(3,4)5)19(26)17(13-29-24(9,10)11)25(21(27)28)23(6,7)8/h12,17H,13H2,1-11,31H3,(H,27,28)/t17-/m0/s1. The van der Waals surface area contributed by atoms with Crippen LogP contribution >= 0.6 is 0 Å². The summed E-state index contributed by atoms with van der Waals surface area (Å²) in [5.41, 5.74) is 2.06. The molecule has 7 heteroatoms. The van der Waals surface area contributed by atoms with Crippen LogP contribution in [0, 0.1) is 13.8 Å². The Hall–Kier alpha value is -1.86. The zero-order valence-corrected chi connectivity index (χ0v) is 23.4. The highest BCUT2D eigenvalue weighted by atomic mass is 28.2. The number of aryl methyl sites for hydroxylation is 1. The van der Waals surface area contributed by atoms with Gasteiger partial charge in [-0.05, 0) is 83.6 Å². The number of carbonyl (C=O) groups excluding carboxylic acids is 1. The van der Waals surface area contributed by atoms with Crippen molar-refractivity contribution in [1.82, 2.24) is 4.90 Å². The van der Waals surface area contributed by atoms with Gasteiger partial charge in [-0.25, -0.2) is 4.79 Å². The van der Waals surface area contributed by atoms with Gasteiger partial charge in [-0.3, -0.25) is 9.69 Å². The average Bonchev–Trinajstić information content (AvgIpc) is 2.53. The van der Waals surface area contributed by atoms with E-state index in [1.54, 1.807) is 20.8 Å². The Morgan fingerprint density at radius 3 is 1.94 bits per heavy atom. The highest BCUT2D eigenvalue weighted by molar-refractivity contribution is 6.07. The Bertz CT molecular complexity index is 828. The number of ether oxygens (including phenoxy) is 1. The van der Waals surface area contributed by atoms with Gasteiger partial charge in [0.1, 0.15) is 11.8 Å². The molecule has 0 radical (unpaired) electrons. The fourth-order valence-electron chi connectivity index (χ4n) is 4.23. The third-order valence-corrected chi connectivity index (χ3v) is 5.56. The van der Waals surface area contributed by atoms with Crippen LogP contribution in [0.1, 0.15) is 89.4 Å². The Morgan fingerprint density at radius 1 is 1.06 bits per heavy atom. The summed E-state index contributed by atoms with van der Waals surface area (Å²) in [7, 11) is 0.414. The molecule has 0 aliphatic heterocycles. The molecule has 0 aliphatic rings. The van der Waals surface area contributed by atoms with Gasteiger partial charge < -0.3 is 14.3 Å². The third-order valence-electron chi connectivity index (χ3n) is 5.15. The lowest BCUT2D eigenvalue weighted by Gasteiger charge is -2.40. The molecular formula is C24H41NO5Si. The first kappa shape index (κ1) is 27.2. The van der Waals surface area contributed by atoms with Gasteiger partial charge in [0.05, 0.1) is 17.8 Å². The molecule has 1 amide bonds. The van der Waals surface area contributed by atoms with Gasteiger partial charge in [-0.15, -0.1) is 0 Å². The largest absolute Gasteiger partial charge is 0.552 e. The molecule has 1 N–H and O–H groups in total. The van der Waals surface area contributed by atoms with E-state index >= 15 is 0 Å². The molecule has 1 aromatic rings. The Labute approximate surface area is 190 Å². The molecule has 0 bridgehead atoms. The van der Waals surface area contributed by atoms with Crippen LogP contribution in [-0.4, -0.2) is 56.2 Å². The molecule has 6 nitrogen and oxygen atoms in total. The molecule has 1 atom stereocenters. The predicted octanol–water partition coefficient (Wildman–Crippen LogP) is 4.41. The molecule has 0 spiro atoms. The highest BCUT2D eigenvalue weighted by Crippen LogP contribution is 2.37. The van der Waals surface area contributed by atoms with E-state index in [4.69, 9.17) is 9.16 Å². The molecule has 0 heterocycles. The van der Waals surface area contributed by atoms with Crippen LogP contribution < -0.4 is 4.43 Å². The second kappa shape index (κ2) is 9.33. The molecule has 31 heavy (non-hydrogen) atoms. The van der Waals surface area contributed by atoms with Crippen LogP contribution in [0.15, 0.2) is 6.07 Å². The SMILES string of the molecule is Cc1cc(C(=O)[C@H](COC(C)(C)C)N(C(=O)O)C(C)(C)C)c(O[SiH3])c(C)c1C(C)(C)C. The molecule has 0 aliphatic carbocycles. The highest BCUT2D eigenvalue weighted by Gasteiger charge is 2.40. The zero-order chi connectivity index (χ0) is 24.5. The van der Waals surface area contributed by atoms with Gasteiger partial charge >= 0.3 is 6.09 Å². The number of benzene rings is 1. The summed E-state index contributed by atoms with van der Waals surface area (Å²) in [5, 5.41) is 9.98. The predicted molar refractivity (Wildman–Crippen MR) is 129 cm³/mol. The van der Waals surface area contributed by atoms with Crippen molar-refractivity contribution in [1.29, 1.82) is 0 Å². The molecule has 1 aromatic carbocycles. The second-order valence-electron chi connectivity index (χ2n) is 11.2. The smallest absolute Gasteiger partial charge is 0.408 e. The van der Waals surface area contributed by atoms with Crippen molar-refractivity contribution >= 4 is 22.4 Å². The topological polar surface area (TPSA) is 76.1 Å². The van der Waals surface area contributed by atoms with E-state index in [1.165, 1.54) is 4.90 Å². The van der Waals surface area contributed by atoms with Crippen molar-refractivity contribution in [2.75, 3.05) is 6.61 Å². The number of ketones is 1. The third kappa shape index (κ3) is 6.56. The summed E-state index contributed by atoms with van der Waals surface area (Å²) >= 11 is 0. The lowest BCUT2D eigenvalue weighted by atomic mass is 9.79. The normalized spacial score (nSPS) is 13.8. The van der Waals surface area contributed by atoms with E-state index in [-0.39, 0.29) is 17.8 Å². The van der Waals surface area contributed by atoms with Crippen molar-refractivity contribution in [3.05, 3.63) is 28.3 Å². The Morgan fingerprint density at radius 2 is 1.58 bits per heavy atom. The fourth-order valence-corrected chi connectivity index (χ4v) is 4.76. The number of hydrogen-bond donors (Lipinski definition) is 1. The molecule has 0 saturated carbocycles. The minimum Gasteiger partial charge on any atom is -0.552 e. The summed E-state index contributed by atoms with van der Waals surface area (Å²) in [6.45, 7) is 21.3. The number of hydrogen-bond acceptors (Lipinski definition) is 4. The van der Waals surface area contributed by atoms with Gasteiger partial charge in [-0.2, -0.15) is 0 Å². The minimum absolute atomic E-state index is 0.0361. The number of Topliss-reactive ketones (excluding diaryl/α,β-unsaturated/α-hetero) is 1. The maximum absolute atomic E-state index is 13.8. The number of nitrogens with zero attached hydrogens (tertiary/aromatic N) is 1. The number of amides is 1. The molecule has 0 aromatic heterocycles. The van der Waals surface area contributed by atoms with Gasteiger partial charge in [0, 0.05) is 5.54 Å². The number of rotatable bonds is 6. The lowest BCUT2D eigenvalue weighted by molar-refractivity contribution is -0.0390. The summed E-state index contributed by atoms with van der Waals surface area (Å²) in [6.07, 6.45) is -1.16. The van der Waals surface area contributed by atoms with Crippen LogP contribution in [0.5, 0.6) is 5.75 Å². The maximum atomic E-state index is 13.8. The quantitative estimate of drug-likeness (QED) is 0.512. The van der Waals surface area contributed by atoms with Crippen LogP contribution in [0.25, 0.3) is 0 Å². The van der Waals surface area contributed by atoms with E-state index in [9.17, 15) is 14.7 Å². The number of carboxylic acid groups (broad SMARTS) is 1. The first-order valence-electron chi connectivity index (χ1n) is 10.7. The van der Waals surface area contributed by atoms with Gasteiger partial charge in [0.2, 0.25) is 10.5 Å². The first-order chi connectivity index (χ1) is 13.8. The van der Waals surface area contributed by atoms with Crippen molar-refractivity contribution in [3.63, 3.8) is 0 Å². The Kier molecular flexibility index (Phi) is 8.17. The van der Waals surface area contributed by atoms with Crippen molar-refractivity contribution in [2.24, 2.45) is 0 Å². The molecule has 0 fully saturated rings. The minimum atomic E-state index is -1.16. The average molecular weight is 452 g/mol. The number of carbonyl (C=O) groups is 2. The molecular weight excluding hydrogens is 410 g/mol. The zero-order valence-electron chi connectivity index (χ0n) is 21.4. The van der Waals surface area contributed by atoms with Crippen LogP contribution in [0.3, 0.4) is 0 Å². The molecule has 0 saturated heterocycles. The molecule has 176 valence electrons. The van der Waals surface area contributed by atoms with Crippen LogP contribution in [-0.2, 0) is 10.2 Å². The van der Waals surface area contributed by atoms with Crippen molar-refractivity contribution in [2.45, 2.75) is 98.8 Å². The summed E-state index contributed by atoms with van der Waals surface area (Å²) < 4.78 is 11.7. The second-order valence-corrected chi connectivity index (χ2v) is 11.6. The van der Waals surface area contributed by atoms with Crippen LogP contribution in [0.4, 0.5) is 4.79 Å². The van der Waals surface area contributed by atoms with Crippen LogP contribution in [0.2, 0.25) is 0 Å². The van der Waals surface area contributed by atoms with E-state index in [1.807, 2.05) is 40.7 Å². The first-order valence-corrected chi connectivity index (χ1v) is 11.5. The monoisotopic (exact) mass is 451 g/mol. The van der Waals surface area contributed by atoms with Gasteiger partial charge in [0.25, 0.3) is 0 Å². The van der Waals surface area contributed by atoms with E-state index in [2.05, 4.69) is 20.8 Å². The van der Waals surface area contributed by atoms with E-state index in [0.29, 0.717) is 21.8 Å². The lowest BCUT2D eigenvalue weighted by Crippen LogP contribution is -2.56. The summed E-state index contributed by atoms with van der Waals surface area (Å²) in [4.78, 5) is 27.3. The van der Waals surface area contributed by atoms with E-state index in [0.717, 1.165) is 16.7 Å². The maximum Gasteiger partial charge on any atom is 0.408 e. The van der Waals surface area contributed by atoms with E-state index < -0.39 is 23.3 Å². The van der Waals surface area contributed by atoms with Gasteiger partial charge in [-0.1, -0.05) is 20.8 Å². The Balaban J connectivity index is 3.71. The molecule has 0 unspecified atom stereocenters. The summed E-state index contributed by atoms with van der Waals surface area (Å²) in [5.74, 6) is 0.242. The fraction of sp³-hybridized carbons (Fsp3) is 0.667. The van der Waals surface area contributed by atoms with Crippen molar-refractivity contribution < 1.29 is 23.9 Å². The van der Waals surface area contributed by atoms with Gasteiger partial charge in [0.15, 0.2) is 5.78 Å². The molecule has 1 rings (SSSR count). The van der Waals surface area contributed by atoms with Crippen molar-refractivity contribution in [3.8, 4) is 5.75 Å². The summed E-state index contributed by atoms with van der Waals surface area (Å²) in [6, 6.07) is 0.849.